The molecule has 3 rings (SSSR count). The van der Waals surface area contributed by atoms with Crippen LogP contribution in [0.25, 0.3) is 11.1 Å². The molecule has 0 heterocycles. The van der Waals surface area contributed by atoms with Crippen molar-refractivity contribution in [3.63, 3.8) is 0 Å². The van der Waals surface area contributed by atoms with Crippen LogP contribution in [0.15, 0.2) is 65.6 Å². The molecule has 0 radical (unpaired) electrons. The molecule has 0 aromatic heterocycles. The van der Waals surface area contributed by atoms with Gasteiger partial charge >= 0.3 is 18.5 Å². The number of hydrogen-bond donors (Lipinski definition) is 2. The minimum Gasteiger partial charge on any atom is -0.333 e. The first kappa shape index (κ1) is 31.6. The number of hydrogen-bond acceptors (Lipinski definition) is 5. The molecule has 0 unspecified atom stereocenters. The summed E-state index contributed by atoms with van der Waals surface area (Å²) >= 11 is 6.06. The lowest BCUT2D eigenvalue weighted by atomic mass is 9.99. The standard InChI is InChI=1S/C21H14ClF6NO2S.CH5N.CO2/c1-12-3-2-4-17(7-12)29-32(30,31)19-6-5-13(10-18(19)22)14-8-15(20(23,24)25)11-16(9-14)21(26,27)28;1-2;2-1-3/h2-11,29H,1H3;2H2,1H3;. The van der Waals surface area contributed by atoms with E-state index >= 15 is 0 Å². The third kappa shape index (κ3) is 8.90. The van der Waals surface area contributed by atoms with E-state index in [-0.39, 0.29) is 33.4 Å². The largest absolute Gasteiger partial charge is 0.416 e. The van der Waals surface area contributed by atoms with E-state index in [1.54, 1.807) is 25.1 Å². The highest BCUT2D eigenvalue weighted by molar-refractivity contribution is 7.92. The first-order valence-corrected chi connectivity index (χ1v) is 11.7. The van der Waals surface area contributed by atoms with Crippen molar-refractivity contribution in [2.24, 2.45) is 5.73 Å². The van der Waals surface area contributed by atoms with E-state index in [1.165, 1.54) is 13.1 Å². The molecule has 0 fully saturated rings. The van der Waals surface area contributed by atoms with Crippen LogP contribution < -0.4 is 10.5 Å². The first-order chi connectivity index (χ1) is 17.1. The Balaban J connectivity index is 0.00000127. The smallest absolute Gasteiger partial charge is 0.333 e. The predicted molar refractivity (Wildman–Crippen MR) is 124 cm³/mol. The summed E-state index contributed by atoms with van der Waals surface area (Å²) in [6.07, 6.45) is -9.78. The number of nitrogens with two attached hydrogens (primary N) is 1. The second-order valence-electron chi connectivity index (χ2n) is 7.00. The van der Waals surface area contributed by atoms with Crippen LogP contribution in [-0.2, 0) is 32.0 Å². The molecular weight excluding hydrogens is 550 g/mol. The van der Waals surface area contributed by atoms with Gasteiger partial charge in [0.25, 0.3) is 10.0 Å². The van der Waals surface area contributed by atoms with Crippen molar-refractivity contribution in [1.82, 2.24) is 0 Å². The summed E-state index contributed by atoms with van der Waals surface area (Å²) in [5.74, 6) is 0. The molecule has 37 heavy (non-hydrogen) atoms. The molecule has 3 aromatic rings. The van der Waals surface area contributed by atoms with E-state index in [1.807, 2.05) is 0 Å². The molecule has 0 aliphatic heterocycles. The summed E-state index contributed by atoms with van der Waals surface area (Å²) in [5, 5.41) is -0.367. The molecule has 0 aliphatic rings. The first-order valence-electron chi connectivity index (χ1n) is 9.84. The predicted octanol–water partition coefficient (Wildman–Crippen LogP) is 6.15. The van der Waals surface area contributed by atoms with Crippen molar-refractivity contribution >= 4 is 33.5 Å². The normalized spacial score (nSPS) is 11.3. The zero-order valence-electron chi connectivity index (χ0n) is 19.0. The highest BCUT2D eigenvalue weighted by Crippen LogP contribution is 2.39. The van der Waals surface area contributed by atoms with Crippen LogP contribution in [0, 0.1) is 6.92 Å². The van der Waals surface area contributed by atoms with Gasteiger partial charge in [0.1, 0.15) is 4.90 Å². The Hall–Kier alpha value is -3.38. The summed E-state index contributed by atoms with van der Waals surface area (Å²) in [6.45, 7) is 1.75. The highest BCUT2D eigenvalue weighted by atomic mass is 35.5. The molecule has 0 spiro atoms. The van der Waals surface area contributed by atoms with Crippen LogP contribution in [0.3, 0.4) is 0 Å². The molecule has 14 heteroatoms. The van der Waals surface area contributed by atoms with Gasteiger partial charge in [-0.15, -0.1) is 0 Å². The molecule has 3 aromatic carbocycles. The number of alkyl halides is 6. The summed E-state index contributed by atoms with van der Waals surface area (Å²) in [4.78, 5) is 15.9. The number of carbonyl (C=O) groups excluding carboxylic acids is 2. The Bertz CT molecular complexity index is 1340. The monoisotopic (exact) mass is 568 g/mol. The second-order valence-corrected chi connectivity index (χ2v) is 9.06. The molecular formula is C23H19ClF6N2O4S. The number of halogens is 7. The van der Waals surface area contributed by atoms with Gasteiger partial charge in [0.05, 0.1) is 16.1 Å². The SMILES string of the molecule is CN.Cc1cccc(NS(=O)(=O)c2ccc(-c3cc(C(F)(F)F)cc(C(F)(F)F)c3)cc2Cl)c1.O=C=O. The lowest BCUT2D eigenvalue weighted by Gasteiger charge is -2.15. The average molecular weight is 569 g/mol. The minimum atomic E-state index is -5.01. The number of sulfonamides is 1. The van der Waals surface area contributed by atoms with E-state index < -0.39 is 39.1 Å². The van der Waals surface area contributed by atoms with Crippen LogP contribution in [0.4, 0.5) is 32.0 Å². The Morgan fingerprint density at radius 1 is 0.811 bits per heavy atom. The summed E-state index contributed by atoms with van der Waals surface area (Å²) in [6, 6.07) is 10.7. The zero-order chi connectivity index (χ0) is 28.6. The quantitative estimate of drug-likeness (QED) is 0.367. The van der Waals surface area contributed by atoms with Crippen molar-refractivity contribution in [3.8, 4) is 11.1 Å². The number of rotatable bonds is 4. The van der Waals surface area contributed by atoms with E-state index in [2.05, 4.69) is 10.5 Å². The van der Waals surface area contributed by atoms with Gasteiger partial charge in [-0.05, 0) is 73.1 Å². The van der Waals surface area contributed by atoms with Crippen molar-refractivity contribution in [2.75, 3.05) is 11.8 Å². The lowest BCUT2D eigenvalue weighted by molar-refractivity contribution is -0.191. The molecule has 6 nitrogen and oxygen atoms in total. The fourth-order valence-electron chi connectivity index (χ4n) is 2.94. The van der Waals surface area contributed by atoms with Gasteiger partial charge in [0.15, 0.2) is 0 Å². The fraction of sp³-hybridized carbons (Fsp3) is 0.174. The summed E-state index contributed by atoms with van der Waals surface area (Å²) in [5.41, 5.74) is 2.05. The maximum absolute atomic E-state index is 13.1. The molecule has 0 saturated heterocycles. The van der Waals surface area contributed by atoms with Crippen molar-refractivity contribution < 1.29 is 44.3 Å². The highest BCUT2D eigenvalue weighted by Gasteiger charge is 2.37. The molecule has 0 aliphatic carbocycles. The van der Waals surface area contributed by atoms with Gasteiger partial charge in [-0.2, -0.15) is 35.9 Å². The molecule has 0 saturated carbocycles. The number of nitrogens with one attached hydrogen (secondary N) is 1. The van der Waals surface area contributed by atoms with Crippen molar-refractivity contribution in [1.29, 1.82) is 0 Å². The summed E-state index contributed by atoms with van der Waals surface area (Å²) < 4.78 is 106. The minimum absolute atomic E-state index is 0.00963. The number of benzene rings is 3. The molecule has 0 amide bonds. The Labute approximate surface area is 213 Å². The Morgan fingerprint density at radius 3 is 1.76 bits per heavy atom. The average Bonchev–Trinajstić information content (AvgIpc) is 2.79. The molecule has 0 atom stereocenters. The van der Waals surface area contributed by atoms with Crippen LogP contribution >= 0.6 is 11.6 Å². The topological polar surface area (TPSA) is 106 Å². The molecule has 3 N–H and O–H groups in total. The second kappa shape index (κ2) is 12.7. The fourth-order valence-corrected chi connectivity index (χ4v) is 4.53. The zero-order valence-corrected chi connectivity index (χ0v) is 20.6. The maximum atomic E-state index is 13.1. The van der Waals surface area contributed by atoms with Crippen LogP contribution in [0.5, 0.6) is 0 Å². The molecule has 200 valence electrons. The van der Waals surface area contributed by atoms with Crippen LogP contribution in [-0.4, -0.2) is 21.6 Å². The van der Waals surface area contributed by atoms with Gasteiger partial charge in [-0.3, -0.25) is 4.72 Å². The van der Waals surface area contributed by atoms with Gasteiger partial charge in [-0.25, -0.2) is 8.42 Å². The number of aryl methyl sites for hydroxylation is 1. The maximum Gasteiger partial charge on any atom is 0.416 e. The molecule has 0 bridgehead atoms. The van der Waals surface area contributed by atoms with E-state index in [0.29, 0.717) is 12.1 Å². The lowest BCUT2D eigenvalue weighted by Crippen LogP contribution is -2.13. The van der Waals surface area contributed by atoms with E-state index in [4.69, 9.17) is 21.2 Å². The summed E-state index contributed by atoms with van der Waals surface area (Å²) in [7, 11) is -2.66. The van der Waals surface area contributed by atoms with Gasteiger partial charge < -0.3 is 5.73 Å². The van der Waals surface area contributed by atoms with Gasteiger partial charge in [0, 0.05) is 5.69 Å². The Morgan fingerprint density at radius 2 is 1.32 bits per heavy atom. The number of anilines is 1. The van der Waals surface area contributed by atoms with Crippen LogP contribution in [0.2, 0.25) is 5.02 Å². The third-order valence-corrected chi connectivity index (χ3v) is 6.28. The van der Waals surface area contributed by atoms with Crippen molar-refractivity contribution in [3.05, 3.63) is 82.4 Å². The van der Waals surface area contributed by atoms with Gasteiger partial charge in [0.2, 0.25) is 0 Å². The van der Waals surface area contributed by atoms with Crippen LogP contribution in [0.1, 0.15) is 16.7 Å². The van der Waals surface area contributed by atoms with E-state index in [9.17, 15) is 34.8 Å². The van der Waals surface area contributed by atoms with Crippen molar-refractivity contribution in [2.45, 2.75) is 24.2 Å². The third-order valence-electron chi connectivity index (χ3n) is 4.41. The van der Waals surface area contributed by atoms with E-state index in [0.717, 1.165) is 23.8 Å². The van der Waals surface area contributed by atoms with Gasteiger partial charge in [-0.1, -0.05) is 29.8 Å². The Kier molecular flexibility index (Phi) is 10.9.